The van der Waals surface area contributed by atoms with Crippen LogP contribution < -0.4 is 0 Å². The summed E-state index contributed by atoms with van der Waals surface area (Å²) in [6.07, 6.45) is 6.31. The van der Waals surface area contributed by atoms with Gasteiger partial charge in [0.25, 0.3) is 0 Å². The lowest BCUT2D eigenvalue weighted by Crippen LogP contribution is -2.36. The number of carbonyl (C=O) groups excluding carboxylic acids is 1. The predicted molar refractivity (Wildman–Crippen MR) is 88.9 cm³/mol. The van der Waals surface area contributed by atoms with Crippen LogP contribution in [0.4, 0.5) is 0 Å². The van der Waals surface area contributed by atoms with Gasteiger partial charge in [-0.2, -0.15) is 0 Å². The number of amides is 1. The standard InChI is InChI=1S/C19H27NO/c1-15(17-10-6-4-7-11-17)14-20(3)19(21)16(2)18-12-8-5-9-13-18/h4,6-7,10-11,16,18H,1,5,8-9,12-14H2,2-3H3. The second-order valence-corrected chi connectivity index (χ2v) is 6.35. The van der Waals surface area contributed by atoms with Crippen molar-refractivity contribution in [1.29, 1.82) is 0 Å². The first-order chi connectivity index (χ1) is 10.1. The van der Waals surface area contributed by atoms with Gasteiger partial charge in [-0.15, -0.1) is 0 Å². The van der Waals surface area contributed by atoms with Crippen LogP contribution in [-0.2, 0) is 4.79 Å². The molecule has 0 spiro atoms. The summed E-state index contributed by atoms with van der Waals surface area (Å²) in [5.41, 5.74) is 2.12. The Labute approximate surface area is 128 Å². The smallest absolute Gasteiger partial charge is 0.225 e. The molecule has 1 aromatic carbocycles. The van der Waals surface area contributed by atoms with Gasteiger partial charge in [-0.05, 0) is 29.9 Å². The lowest BCUT2D eigenvalue weighted by atomic mass is 9.80. The van der Waals surface area contributed by atoms with Crippen molar-refractivity contribution >= 4 is 11.5 Å². The molecule has 0 aliphatic heterocycles. The van der Waals surface area contributed by atoms with E-state index in [1.807, 2.05) is 42.3 Å². The molecule has 114 valence electrons. The van der Waals surface area contributed by atoms with Crippen LogP contribution in [0, 0.1) is 11.8 Å². The molecule has 1 saturated carbocycles. The number of rotatable bonds is 5. The third-order valence-corrected chi connectivity index (χ3v) is 4.73. The fourth-order valence-corrected chi connectivity index (χ4v) is 3.31. The van der Waals surface area contributed by atoms with Crippen molar-refractivity contribution in [2.24, 2.45) is 11.8 Å². The lowest BCUT2D eigenvalue weighted by Gasteiger charge is -2.30. The summed E-state index contributed by atoms with van der Waals surface area (Å²) in [4.78, 5) is 14.4. The zero-order valence-electron chi connectivity index (χ0n) is 13.3. The van der Waals surface area contributed by atoms with Crippen LogP contribution in [0.1, 0.15) is 44.6 Å². The van der Waals surface area contributed by atoms with Crippen molar-refractivity contribution in [1.82, 2.24) is 4.90 Å². The maximum absolute atomic E-state index is 12.6. The van der Waals surface area contributed by atoms with Crippen LogP contribution >= 0.6 is 0 Å². The minimum atomic E-state index is 0.138. The fraction of sp³-hybridized carbons (Fsp3) is 0.526. The number of nitrogens with zero attached hydrogens (tertiary/aromatic N) is 1. The van der Waals surface area contributed by atoms with E-state index < -0.39 is 0 Å². The first kappa shape index (κ1) is 15.8. The van der Waals surface area contributed by atoms with Gasteiger partial charge in [0.05, 0.1) is 0 Å². The highest BCUT2D eigenvalue weighted by atomic mass is 16.2. The molecule has 21 heavy (non-hydrogen) atoms. The van der Waals surface area contributed by atoms with E-state index in [4.69, 9.17) is 0 Å². The molecule has 1 aliphatic carbocycles. The summed E-state index contributed by atoms with van der Waals surface area (Å²) in [5, 5.41) is 0. The maximum atomic E-state index is 12.6. The minimum absolute atomic E-state index is 0.138. The summed E-state index contributed by atoms with van der Waals surface area (Å²) in [5.74, 6) is 0.969. The first-order valence-electron chi connectivity index (χ1n) is 8.07. The normalized spacial score (nSPS) is 17.2. The van der Waals surface area contributed by atoms with Crippen LogP contribution in [-0.4, -0.2) is 24.4 Å². The highest BCUT2D eigenvalue weighted by Crippen LogP contribution is 2.31. The number of carbonyl (C=O) groups is 1. The number of hydrogen-bond donors (Lipinski definition) is 0. The van der Waals surface area contributed by atoms with E-state index >= 15 is 0 Å². The zero-order valence-corrected chi connectivity index (χ0v) is 13.3. The highest BCUT2D eigenvalue weighted by Gasteiger charge is 2.27. The Morgan fingerprint density at radius 3 is 2.48 bits per heavy atom. The molecular formula is C19H27NO. The third kappa shape index (κ3) is 4.20. The molecule has 0 saturated heterocycles. The maximum Gasteiger partial charge on any atom is 0.225 e. The Hall–Kier alpha value is -1.57. The highest BCUT2D eigenvalue weighted by molar-refractivity contribution is 5.80. The van der Waals surface area contributed by atoms with Gasteiger partial charge in [-0.3, -0.25) is 4.79 Å². The molecule has 1 aliphatic rings. The topological polar surface area (TPSA) is 20.3 Å². The molecule has 0 radical (unpaired) electrons. The van der Waals surface area contributed by atoms with Crippen LogP contribution in [0.3, 0.4) is 0 Å². The molecule has 0 bridgehead atoms. The van der Waals surface area contributed by atoms with E-state index in [0.717, 1.165) is 11.1 Å². The molecule has 1 atom stereocenters. The van der Waals surface area contributed by atoms with E-state index in [2.05, 4.69) is 13.5 Å². The Morgan fingerprint density at radius 1 is 1.24 bits per heavy atom. The van der Waals surface area contributed by atoms with Crippen molar-refractivity contribution in [2.45, 2.75) is 39.0 Å². The number of benzene rings is 1. The largest absolute Gasteiger partial charge is 0.341 e. The van der Waals surface area contributed by atoms with Gasteiger partial charge in [0.15, 0.2) is 0 Å². The SMILES string of the molecule is C=C(CN(C)C(=O)C(C)C1CCCCC1)c1ccccc1. The number of likely N-dealkylation sites (N-methyl/N-ethyl adjacent to an activating group) is 1. The van der Waals surface area contributed by atoms with Gasteiger partial charge < -0.3 is 4.90 Å². The Kier molecular flexibility index (Phi) is 5.60. The molecule has 1 fully saturated rings. The molecule has 2 nitrogen and oxygen atoms in total. The average molecular weight is 285 g/mol. The monoisotopic (exact) mass is 285 g/mol. The second kappa shape index (κ2) is 7.44. The van der Waals surface area contributed by atoms with Gasteiger partial charge >= 0.3 is 0 Å². The summed E-state index contributed by atoms with van der Waals surface area (Å²) in [6.45, 7) is 6.83. The van der Waals surface area contributed by atoms with E-state index in [-0.39, 0.29) is 11.8 Å². The Morgan fingerprint density at radius 2 is 1.86 bits per heavy atom. The molecule has 1 amide bonds. The molecule has 1 unspecified atom stereocenters. The molecule has 0 aromatic heterocycles. The molecule has 0 N–H and O–H groups in total. The van der Waals surface area contributed by atoms with Crippen molar-refractivity contribution in [3.05, 3.63) is 42.5 Å². The lowest BCUT2D eigenvalue weighted by molar-refractivity contribution is -0.135. The summed E-state index contributed by atoms with van der Waals surface area (Å²) < 4.78 is 0. The van der Waals surface area contributed by atoms with Gasteiger partial charge in [0.1, 0.15) is 0 Å². The van der Waals surface area contributed by atoms with E-state index in [1.54, 1.807) is 0 Å². The van der Waals surface area contributed by atoms with Crippen molar-refractivity contribution in [2.75, 3.05) is 13.6 Å². The molecule has 2 heteroatoms. The van der Waals surface area contributed by atoms with Crippen LogP contribution in [0.15, 0.2) is 36.9 Å². The van der Waals surface area contributed by atoms with E-state index in [0.29, 0.717) is 12.5 Å². The zero-order chi connectivity index (χ0) is 15.2. The Balaban J connectivity index is 1.91. The van der Waals surface area contributed by atoms with Crippen LogP contribution in [0.5, 0.6) is 0 Å². The quantitative estimate of drug-likeness (QED) is 0.786. The van der Waals surface area contributed by atoms with Gasteiger partial charge in [0, 0.05) is 19.5 Å². The summed E-state index contributed by atoms with van der Waals surface area (Å²) in [7, 11) is 1.90. The van der Waals surface area contributed by atoms with Gasteiger partial charge in [-0.25, -0.2) is 0 Å². The molecule has 1 aromatic rings. The van der Waals surface area contributed by atoms with Gasteiger partial charge in [0.2, 0.25) is 5.91 Å². The average Bonchev–Trinajstić information content (AvgIpc) is 2.55. The van der Waals surface area contributed by atoms with Crippen LogP contribution in [0.25, 0.3) is 5.57 Å². The third-order valence-electron chi connectivity index (χ3n) is 4.73. The van der Waals surface area contributed by atoms with E-state index in [1.165, 1.54) is 32.1 Å². The summed E-state index contributed by atoms with van der Waals surface area (Å²) in [6, 6.07) is 10.1. The van der Waals surface area contributed by atoms with Gasteiger partial charge in [-0.1, -0.05) is 63.1 Å². The molecule has 2 rings (SSSR count). The Bertz CT molecular complexity index is 474. The first-order valence-corrected chi connectivity index (χ1v) is 8.07. The fourth-order valence-electron chi connectivity index (χ4n) is 3.31. The minimum Gasteiger partial charge on any atom is -0.341 e. The van der Waals surface area contributed by atoms with Crippen molar-refractivity contribution in [3.8, 4) is 0 Å². The predicted octanol–water partition coefficient (Wildman–Crippen LogP) is 4.37. The van der Waals surface area contributed by atoms with Crippen molar-refractivity contribution in [3.63, 3.8) is 0 Å². The molecular weight excluding hydrogens is 258 g/mol. The van der Waals surface area contributed by atoms with E-state index in [9.17, 15) is 4.79 Å². The summed E-state index contributed by atoms with van der Waals surface area (Å²) >= 11 is 0. The number of hydrogen-bond acceptors (Lipinski definition) is 1. The second-order valence-electron chi connectivity index (χ2n) is 6.35. The van der Waals surface area contributed by atoms with Crippen LogP contribution in [0.2, 0.25) is 0 Å². The van der Waals surface area contributed by atoms with Crippen molar-refractivity contribution < 1.29 is 4.79 Å². The molecule has 0 heterocycles.